The van der Waals surface area contributed by atoms with Crippen LogP contribution in [-0.4, -0.2) is 53.3 Å². The lowest BCUT2D eigenvalue weighted by molar-refractivity contribution is 0.0823. The lowest BCUT2D eigenvalue weighted by Gasteiger charge is -2.19. The summed E-state index contributed by atoms with van der Waals surface area (Å²) in [6.45, 7) is 0. The summed E-state index contributed by atoms with van der Waals surface area (Å²) in [4.78, 5) is 13.6. The fourth-order valence-corrected chi connectivity index (χ4v) is 1.73. The van der Waals surface area contributed by atoms with Gasteiger partial charge in [0.25, 0.3) is 5.91 Å². The number of hydrogen-bond donors (Lipinski definition) is 0. The molecular weight excluding hydrogens is 250 g/mol. The summed E-state index contributed by atoms with van der Waals surface area (Å²) in [5.41, 5.74) is 0.349. The number of rotatable bonds is 5. The first-order valence-corrected chi connectivity index (χ1v) is 5.60. The average Bonchev–Trinajstić information content (AvgIpc) is 2.43. The molecule has 0 atom stereocenters. The number of benzene rings is 1. The van der Waals surface area contributed by atoms with Crippen LogP contribution in [0.25, 0.3) is 0 Å². The van der Waals surface area contributed by atoms with Crippen LogP contribution in [0.2, 0.25) is 0 Å². The maximum absolute atomic E-state index is 12.2. The first kappa shape index (κ1) is 14.9. The highest BCUT2D eigenvalue weighted by Gasteiger charge is 2.25. The molecule has 0 saturated heterocycles. The molecule has 1 aromatic rings. The minimum absolute atomic E-state index is 0.212. The fourth-order valence-electron chi connectivity index (χ4n) is 1.73. The summed E-state index contributed by atoms with van der Waals surface area (Å²) in [5, 5.41) is 0. The zero-order valence-corrected chi connectivity index (χ0v) is 12.1. The lowest BCUT2D eigenvalue weighted by Crippen LogP contribution is -2.22. The highest BCUT2D eigenvalue weighted by Crippen LogP contribution is 2.46. The molecule has 0 bridgehead atoms. The highest BCUT2D eigenvalue weighted by atomic mass is 16.5. The zero-order valence-electron chi connectivity index (χ0n) is 12.1. The molecule has 19 heavy (non-hydrogen) atoms. The van der Waals surface area contributed by atoms with Gasteiger partial charge in [-0.25, -0.2) is 0 Å². The van der Waals surface area contributed by atoms with E-state index in [0.29, 0.717) is 28.6 Å². The Labute approximate surface area is 112 Å². The van der Waals surface area contributed by atoms with E-state index in [4.69, 9.17) is 18.9 Å². The SMILES string of the molecule is COc1cc(C(=O)N(C)C)c(OC)c(OC)c1OC. The summed E-state index contributed by atoms with van der Waals surface area (Å²) in [7, 11) is 9.25. The normalized spacial score (nSPS) is 9.79. The summed E-state index contributed by atoms with van der Waals surface area (Å²) < 4.78 is 21.0. The van der Waals surface area contributed by atoms with Crippen LogP contribution in [0.1, 0.15) is 10.4 Å². The molecule has 0 aliphatic carbocycles. The van der Waals surface area contributed by atoms with E-state index in [2.05, 4.69) is 0 Å². The van der Waals surface area contributed by atoms with Gasteiger partial charge in [0.15, 0.2) is 11.5 Å². The molecule has 0 unspecified atom stereocenters. The van der Waals surface area contributed by atoms with Crippen LogP contribution in [0.4, 0.5) is 0 Å². The van der Waals surface area contributed by atoms with Crippen molar-refractivity contribution in [3.8, 4) is 23.0 Å². The number of ether oxygens (including phenoxy) is 4. The van der Waals surface area contributed by atoms with E-state index in [0.717, 1.165) is 0 Å². The molecule has 0 spiro atoms. The van der Waals surface area contributed by atoms with Gasteiger partial charge in [-0.2, -0.15) is 0 Å². The van der Waals surface area contributed by atoms with Gasteiger partial charge in [0.2, 0.25) is 11.5 Å². The summed E-state index contributed by atoms with van der Waals surface area (Å²) >= 11 is 0. The van der Waals surface area contributed by atoms with E-state index >= 15 is 0 Å². The van der Waals surface area contributed by atoms with E-state index in [1.165, 1.54) is 33.3 Å². The number of methoxy groups -OCH3 is 4. The Kier molecular flexibility index (Phi) is 4.86. The third-order valence-corrected chi connectivity index (χ3v) is 2.63. The molecule has 0 N–H and O–H groups in total. The molecule has 0 aromatic heterocycles. The Bertz CT molecular complexity index is 471. The Morgan fingerprint density at radius 2 is 1.42 bits per heavy atom. The predicted octanol–water partition coefficient (Wildman–Crippen LogP) is 1.42. The standard InChI is InChI=1S/C13H19NO5/c1-14(2)13(15)8-7-9(16-3)11(18-5)12(19-6)10(8)17-4/h7H,1-6H3. The van der Waals surface area contributed by atoms with E-state index in [-0.39, 0.29) is 5.91 Å². The molecule has 0 aliphatic heterocycles. The van der Waals surface area contributed by atoms with Crippen molar-refractivity contribution in [1.82, 2.24) is 4.90 Å². The number of nitrogens with zero attached hydrogens (tertiary/aromatic N) is 1. The molecule has 1 amide bonds. The van der Waals surface area contributed by atoms with Gasteiger partial charge in [0, 0.05) is 20.2 Å². The molecule has 0 radical (unpaired) electrons. The van der Waals surface area contributed by atoms with Crippen molar-refractivity contribution in [2.45, 2.75) is 0 Å². The van der Waals surface area contributed by atoms with E-state index in [1.54, 1.807) is 20.2 Å². The average molecular weight is 269 g/mol. The number of amides is 1. The Hall–Kier alpha value is -2.11. The van der Waals surface area contributed by atoms with Crippen LogP contribution in [-0.2, 0) is 0 Å². The van der Waals surface area contributed by atoms with Crippen LogP contribution in [0, 0.1) is 0 Å². The van der Waals surface area contributed by atoms with Gasteiger partial charge >= 0.3 is 0 Å². The summed E-state index contributed by atoms with van der Waals surface area (Å²) in [6.07, 6.45) is 0. The Morgan fingerprint density at radius 3 is 1.79 bits per heavy atom. The molecule has 0 aliphatic rings. The van der Waals surface area contributed by atoms with Gasteiger partial charge in [-0.1, -0.05) is 0 Å². The van der Waals surface area contributed by atoms with Crippen molar-refractivity contribution in [2.75, 3.05) is 42.5 Å². The van der Waals surface area contributed by atoms with Crippen LogP contribution < -0.4 is 18.9 Å². The molecule has 0 saturated carbocycles. The van der Waals surface area contributed by atoms with Crippen LogP contribution in [0.5, 0.6) is 23.0 Å². The molecule has 0 heterocycles. The van der Waals surface area contributed by atoms with Crippen molar-refractivity contribution in [3.63, 3.8) is 0 Å². The maximum Gasteiger partial charge on any atom is 0.257 e. The van der Waals surface area contributed by atoms with E-state index in [9.17, 15) is 4.79 Å². The van der Waals surface area contributed by atoms with Gasteiger partial charge in [0.1, 0.15) is 0 Å². The minimum Gasteiger partial charge on any atom is -0.493 e. The smallest absolute Gasteiger partial charge is 0.257 e. The van der Waals surface area contributed by atoms with Gasteiger partial charge in [-0.15, -0.1) is 0 Å². The highest BCUT2D eigenvalue weighted by molar-refractivity contribution is 5.98. The van der Waals surface area contributed by atoms with Gasteiger partial charge in [-0.3, -0.25) is 4.79 Å². The van der Waals surface area contributed by atoms with Crippen molar-refractivity contribution in [3.05, 3.63) is 11.6 Å². The molecular formula is C13H19NO5. The second-order valence-corrected chi connectivity index (χ2v) is 3.93. The monoisotopic (exact) mass is 269 g/mol. The second kappa shape index (κ2) is 6.17. The van der Waals surface area contributed by atoms with Gasteiger partial charge in [-0.05, 0) is 0 Å². The molecule has 0 fully saturated rings. The minimum atomic E-state index is -0.212. The largest absolute Gasteiger partial charge is 0.493 e. The Balaban J connectivity index is 3.59. The van der Waals surface area contributed by atoms with Gasteiger partial charge < -0.3 is 23.8 Å². The maximum atomic E-state index is 12.2. The molecule has 6 heteroatoms. The van der Waals surface area contributed by atoms with Crippen molar-refractivity contribution < 1.29 is 23.7 Å². The second-order valence-electron chi connectivity index (χ2n) is 3.93. The van der Waals surface area contributed by atoms with E-state index in [1.807, 2.05) is 0 Å². The van der Waals surface area contributed by atoms with Gasteiger partial charge in [0.05, 0.1) is 34.0 Å². The summed E-state index contributed by atoms with van der Waals surface area (Å²) in [5.74, 6) is 1.23. The predicted molar refractivity (Wildman–Crippen MR) is 70.7 cm³/mol. The van der Waals surface area contributed by atoms with Crippen LogP contribution in [0.15, 0.2) is 6.07 Å². The number of carbonyl (C=O) groups is 1. The molecule has 6 nitrogen and oxygen atoms in total. The van der Waals surface area contributed by atoms with Crippen LogP contribution in [0.3, 0.4) is 0 Å². The fraction of sp³-hybridized carbons (Fsp3) is 0.462. The summed E-state index contributed by atoms with van der Waals surface area (Å²) in [6, 6.07) is 1.57. The molecule has 1 rings (SSSR count). The van der Waals surface area contributed by atoms with Crippen molar-refractivity contribution in [1.29, 1.82) is 0 Å². The van der Waals surface area contributed by atoms with Crippen molar-refractivity contribution in [2.24, 2.45) is 0 Å². The quantitative estimate of drug-likeness (QED) is 0.809. The molecule has 106 valence electrons. The molecule has 1 aromatic carbocycles. The first-order valence-electron chi connectivity index (χ1n) is 5.60. The topological polar surface area (TPSA) is 57.2 Å². The first-order chi connectivity index (χ1) is 9.01. The third kappa shape index (κ3) is 2.67. The van der Waals surface area contributed by atoms with Crippen LogP contribution >= 0.6 is 0 Å². The van der Waals surface area contributed by atoms with Crippen molar-refractivity contribution >= 4 is 5.91 Å². The number of carbonyl (C=O) groups excluding carboxylic acids is 1. The lowest BCUT2D eigenvalue weighted by atomic mass is 10.1. The third-order valence-electron chi connectivity index (χ3n) is 2.63. The Morgan fingerprint density at radius 1 is 0.895 bits per heavy atom. The zero-order chi connectivity index (χ0) is 14.6. The van der Waals surface area contributed by atoms with E-state index < -0.39 is 0 Å². The number of hydrogen-bond acceptors (Lipinski definition) is 5.